The predicted molar refractivity (Wildman–Crippen MR) is 83.5 cm³/mol. The fourth-order valence-electron chi connectivity index (χ4n) is 2.70. The number of hydrogen-bond acceptors (Lipinski definition) is 0. The van der Waals surface area contributed by atoms with Gasteiger partial charge in [-0.1, -0.05) is 47.5 Å². The molecule has 94 valence electrons. The van der Waals surface area contributed by atoms with E-state index in [1.54, 1.807) is 0 Å². The number of rotatable bonds is 0. The van der Waals surface area contributed by atoms with E-state index >= 15 is 0 Å². The minimum Gasteiger partial charge on any atom is -0.238 e. The molecular weight excluding hydrogens is 244 g/mol. The molecule has 0 bridgehead atoms. The van der Waals surface area contributed by atoms with Crippen molar-refractivity contribution < 1.29 is 0 Å². The first kappa shape index (κ1) is 12.2. The number of aryl methyl sites for hydroxylation is 2. The van der Waals surface area contributed by atoms with Gasteiger partial charge >= 0.3 is 0 Å². The van der Waals surface area contributed by atoms with Crippen molar-refractivity contribution in [3.8, 4) is 0 Å². The van der Waals surface area contributed by atoms with E-state index in [1.165, 1.54) is 0 Å². The quantitative estimate of drug-likeness (QED) is 0.359. The summed E-state index contributed by atoms with van der Waals surface area (Å²) in [4.78, 5) is 7.24. The van der Waals surface area contributed by atoms with Gasteiger partial charge in [0.05, 0.1) is 13.1 Å². The lowest BCUT2D eigenvalue weighted by Crippen LogP contribution is -1.82. The van der Waals surface area contributed by atoms with Gasteiger partial charge in [-0.2, -0.15) is 0 Å². The summed E-state index contributed by atoms with van der Waals surface area (Å²) < 4.78 is 0. The Labute approximate surface area is 117 Å². The highest BCUT2D eigenvalue weighted by Gasteiger charge is 2.09. The van der Waals surface area contributed by atoms with Crippen LogP contribution in [-0.2, 0) is 0 Å². The zero-order chi connectivity index (χ0) is 14.3. The SMILES string of the molecule is [C-]#[N+]c1cc(C)cc2c1ccc1c([N+]#[C-])cc(C)cc12. The molecule has 0 saturated heterocycles. The molecule has 0 amide bonds. The molecule has 0 aliphatic carbocycles. The van der Waals surface area contributed by atoms with E-state index in [0.717, 1.165) is 32.7 Å². The van der Waals surface area contributed by atoms with Crippen molar-refractivity contribution in [1.29, 1.82) is 0 Å². The summed E-state index contributed by atoms with van der Waals surface area (Å²) in [7, 11) is 0. The number of benzene rings is 3. The van der Waals surface area contributed by atoms with Crippen molar-refractivity contribution in [3.05, 3.63) is 70.4 Å². The molecule has 3 aromatic rings. The molecule has 0 atom stereocenters. The van der Waals surface area contributed by atoms with E-state index < -0.39 is 0 Å². The Morgan fingerprint density at radius 3 is 1.40 bits per heavy atom. The maximum Gasteiger partial charge on any atom is 0.195 e. The molecular formula is C18H12N2. The summed E-state index contributed by atoms with van der Waals surface area (Å²) in [6.07, 6.45) is 0. The van der Waals surface area contributed by atoms with E-state index in [4.69, 9.17) is 13.1 Å². The van der Waals surface area contributed by atoms with Crippen LogP contribution < -0.4 is 0 Å². The van der Waals surface area contributed by atoms with Crippen LogP contribution in [0.4, 0.5) is 11.4 Å². The van der Waals surface area contributed by atoms with Crippen LogP contribution in [0.25, 0.3) is 31.2 Å². The maximum absolute atomic E-state index is 7.33. The van der Waals surface area contributed by atoms with Crippen molar-refractivity contribution in [3.63, 3.8) is 0 Å². The third kappa shape index (κ3) is 1.71. The summed E-state index contributed by atoms with van der Waals surface area (Å²) in [5, 5.41) is 4.03. The fourth-order valence-corrected chi connectivity index (χ4v) is 2.70. The van der Waals surface area contributed by atoms with Crippen molar-refractivity contribution in [2.24, 2.45) is 0 Å². The topological polar surface area (TPSA) is 8.72 Å². The number of hydrogen-bond donors (Lipinski definition) is 0. The molecule has 2 nitrogen and oxygen atoms in total. The van der Waals surface area contributed by atoms with Crippen LogP contribution in [0.5, 0.6) is 0 Å². The zero-order valence-corrected chi connectivity index (χ0v) is 11.4. The number of fused-ring (bicyclic) bond motifs is 3. The fraction of sp³-hybridized carbons (Fsp3) is 0.111. The van der Waals surface area contributed by atoms with Crippen LogP contribution >= 0.6 is 0 Å². The molecule has 0 unspecified atom stereocenters. The molecule has 3 rings (SSSR count). The molecule has 0 aliphatic heterocycles. The smallest absolute Gasteiger partial charge is 0.195 e. The van der Waals surface area contributed by atoms with Gasteiger partial charge < -0.3 is 0 Å². The van der Waals surface area contributed by atoms with Gasteiger partial charge in [-0.25, -0.2) is 9.69 Å². The average Bonchev–Trinajstić information content (AvgIpc) is 2.45. The van der Waals surface area contributed by atoms with E-state index in [1.807, 2.05) is 38.1 Å². The molecule has 0 fully saturated rings. The van der Waals surface area contributed by atoms with Gasteiger partial charge in [0.1, 0.15) is 0 Å². The van der Waals surface area contributed by atoms with Crippen LogP contribution in [0.15, 0.2) is 36.4 Å². The van der Waals surface area contributed by atoms with Crippen LogP contribution in [0.3, 0.4) is 0 Å². The summed E-state index contributed by atoms with van der Waals surface area (Å²) in [5.41, 5.74) is 3.49. The lowest BCUT2D eigenvalue weighted by atomic mass is 9.96. The van der Waals surface area contributed by atoms with Crippen LogP contribution in [0, 0.1) is 27.0 Å². The second-order valence-electron chi connectivity index (χ2n) is 5.05. The Morgan fingerprint density at radius 1 is 0.650 bits per heavy atom. The van der Waals surface area contributed by atoms with E-state index in [9.17, 15) is 0 Å². The molecule has 0 radical (unpaired) electrons. The zero-order valence-electron chi connectivity index (χ0n) is 11.4. The molecule has 0 aromatic heterocycles. The minimum atomic E-state index is 0.674. The maximum atomic E-state index is 7.33. The molecule has 0 N–H and O–H groups in total. The van der Waals surface area contributed by atoms with Gasteiger partial charge in [-0.15, -0.1) is 0 Å². The highest BCUT2D eigenvalue weighted by Crippen LogP contribution is 2.37. The molecule has 0 spiro atoms. The highest BCUT2D eigenvalue weighted by atomic mass is 14.7. The average molecular weight is 256 g/mol. The van der Waals surface area contributed by atoms with Gasteiger partial charge in [-0.3, -0.25) is 0 Å². The van der Waals surface area contributed by atoms with Gasteiger partial charge in [0.15, 0.2) is 11.4 Å². The third-order valence-electron chi connectivity index (χ3n) is 3.55. The third-order valence-corrected chi connectivity index (χ3v) is 3.55. The van der Waals surface area contributed by atoms with Gasteiger partial charge in [0.25, 0.3) is 0 Å². The predicted octanol–water partition coefficient (Wildman–Crippen LogP) is 5.71. The van der Waals surface area contributed by atoms with Crippen molar-refractivity contribution >= 4 is 32.9 Å². The first-order valence-electron chi connectivity index (χ1n) is 6.36. The van der Waals surface area contributed by atoms with Crippen LogP contribution in [0.2, 0.25) is 0 Å². The molecule has 0 aliphatic rings. The van der Waals surface area contributed by atoms with Gasteiger partial charge in [-0.05, 0) is 35.4 Å². The Hall–Kier alpha value is -2.84. The molecule has 2 heteroatoms. The van der Waals surface area contributed by atoms with Gasteiger partial charge in [0.2, 0.25) is 0 Å². The van der Waals surface area contributed by atoms with Crippen LogP contribution in [-0.4, -0.2) is 0 Å². The Morgan fingerprint density at radius 2 is 1.05 bits per heavy atom. The van der Waals surface area contributed by atoms with E-state index in [-0.39, 0.29) is 0 Å². The first-order chi connectivity index (χ1) is 9.63. The minimum absolute atomic E-state index is 0.674. The Balaban J connectivity index is 2.61. The molecule has 3 aromatic carbocycles. The van der Waals surface area contributed by atoms with E-state index in [2.05, 4.69) is 21.8 Å². The van der Waals surface area contributed by atoms with Crippen molar-refractivity contribution in [2.75, 3.05) is 0 Å². The Kier molecular flexibility index (Phi) is 2.67. The monoisotopic (exact) mass is 256 g/mol. The molecule has 20 heavy (non-hydrogen) atoms. The van der Waals surface area contributed by atoms with Crippen molar-refractivity contribution in [2.45, 2.75) is 13.8 Å². The largest absolute Gasteiger partial charge is 0.238 e. The summed E-state index contributed by atoms with van der Waals surface area (Å²) in [6, 6.07) is 11.9. The van der Waals surface area contributed by atoms with Crippen LogP contribution in [0.1, 0.15) is 11.1 Å². The second-order valence-corrected chi connectivity index (χ2v) is 5.05. The molecule has 0 heterocycles. The van der Waals surface area contributed by atoms with Gasteiger partial charge in [0, 0.05) is 0 Å². The highest BCUT2D eigenvalue weighted by molar-refractivity contribution is 6.15. The lowest BCUT2D eigenvalue weighted by Gasteiger charge is -2.09. The van der Waals surface area contributed by atoms with E-state index in [0.29, 0.717) is 11.4 Å². The second kappa shape index (κ2) is 4.37. The number of nitrogens with zero attached hydrogens (tertiary/aromatic N) is 2. The lowest BCUT2D eigenvalue weighted by molar-refractivity contribution is 1.50. The first-order valence-corrected chi connectivity index (χ1v) is 6.36. The summed E-state index contributed by atoms with van der Waals surface area (Å²) >= 11 is 0. The summed E-state index contributed by atoms with van der Waals surface area (Å²) in [5.74, 6) is 0. The molecule has 0 saturated carbocycles. The van der Waals surface area contributed by atoms with Crippen molar-refractivity contribution in [1.82, 2.24) is 0 Å². The normalized spacial score (nSPS) is 10.4. The summed E-state index contributed by atoms with van der Waals surface area (Å²) in [6.45, 7) is 18.7. The standard InChI is InChI=1S/C18H12N2/c1-11-7-15-13(17(9-11)19-3)5-6-14-16(15)8-12(2)10-18(14)20-4/h5-10H,1-2H3. The Bertz CT molecular complexity index is 859.